The molecule has 2 N–H and O–H groups in total. The first kappa shape index (κ1) is 21.0. The predicted molar refractivity (Wildman–Crippen MR) is 95.9 cm³/mol. The molecule has 1 saturated heterocycles. The lowest BCUT2D eigenvalue weighted by Gasteiger charge is -2.47. The van der Waals surface area contributed by atoms with E-state index >= 15 is 0 Å². The van der Waals surface area contributed by atoms with Crippen LogP contribution in [0.5, 0.6) is 0 Å². The molecule has 0 aromatic heterocycles. The van der Waals surface area contributed by atoms with Crippen molar-refractivity contribution in [2.24, 2.45) is 0 Å². The summed E-state index contributed by atoms with van der Waals surface area (Å²) in [6, 6.07) is 8.07. The van der Waals surface area contributed by atoms with E-state index in [9.17, 15) is 18.0 Å². The van der Waals surface area contributed by atoms with Crippen molar-refractivity contribution < 1.29 is 27.9 Å². The van der Waals surface area contributed by atoms with Gasteiger partial charge in [0.15, 0.2) is 0 Å². The summed E-state index contributed by atoms with van der Waals surface area (Å²) < 4.78 is 31.7. The van der Waals surface area contributed by atoms with E-state index in [1.165, 1.54) is 6.42 Å². The molecule has 2 aliphatic rings. The average Bonchev–Trinajstić information content (AvgIpc) is 2.62. The molecule has 2 aliphatic heterocycles. The monoisotopic (exact) mass is 387 g/mol. The zero-order valence-corrected chi connectivity index (χ0v) is 15.3. The van der Waals surface area contributed by atoms with Gasteiger partial charge < -0.3 is 20.2 Å². The van der Waals surface area contributed by atoms with Crippen LogP contribution in [0.4, 0.5) is 24.5 Å². The normalized spacial score (nSPS) is 19.0. The molecule has 1 amide bonds. The van der Waals surface area contributed by atoms with Crippen LogP contribution in [0.1, 0.15) is 26.2 Å². The largest absolute Gasteiger partial charge is 0.490 e. The molecule has 150 valence electrons. The summed E-state index contributed by atoms with van der Waals surface area (Å²) in [6.07, 6.45) is -2.12. The highest BCUT2D eigenvalue weighted by molar-refractivity contribution is 6.07. The number of hydrogen-bond acceptors (Lipinski definition) is 4. The Morgan fingerprint density at radius 3 is 2.33 bits per heavy atom. The maximum atomic E-state index is 12.8. The van der Waals surface area contributed by atoms with Gasteiger partial charge in [-0.15, -0.1) is 0 Å². The number of nitrogens with zero attached hydrogens (tertiary/aromatic N) is 2. The van der Waals surface area contributed by atoms with Crippen LogP contribution in [0, 0.1) is 0 Å². The Hall–Kier alpha value is -2.29. The van der Waals surface area contributed by atoms with Crippen molar-refractivity contribution in [3.8, 4) is 0 Å². The highest BCUT2D eigenvalue weighted by Crippen LogP contribution is 2.38. The summed E-state index contributed by atoms with van der Waals surface area (Å²) in [5.74, 6) is -2.54. The maximum Gasteiger partial charge on any atom is 0.490 e. The fourth-order valence-electron chi connectivity index (χ4n) is 3.43. The lowest BCUT2D eigenvalue weighted by atomic mass is 9.83. The molecule has 27 heavy (non-hydrogen) atoms. The Kier molecular flexibility index (Phi) is 6.35. The molecule has 1 aromatic rings. The molecular weight excluding hydrogens is 363 g/mol. The van der Waals surface area contributed by atoms with Gasteiger partial charge in [0.05, 0.1) is 11.4 Å². The Labute approximate surface area is 155 Å². The number of alkyl halides is 3. The van der Waals surface area contributed by atoms with E-state index in [0.717, 1.165) is 43.9 Å². The number of nitrogens with one attached hydrogen (secondary N) is 1. The number of carbonyl (C=O) groups is 2. The van der Waals surface area contributed by atoms with Gasteiger partial charge in [-0.1, -0.05) is 19.1 Å². The van der Waals surface area contributed by atoms with Crippen molar-refractivity contribution in [1.82, 2.24) is 4.90 Å². The van der Waals surface area contributed by atoms with E-state index in [0.29, 0.717) is 0 Å². The Bertz CT molecular complexity index is 686. The summed E-state index contributed by atoms with van der Waals surface area (Å²) in [4.78, 5) is 25.9. The van der Waals surface area contributed by atoms with Gasteiger partial charge in [0.2, 0.25) is 0 Å². The molecule has 0 atom stereocenters. The fraction of sp³-hybridized carbons (Fsp3) is 0.556. The lowest BCUT2D eigenvalue weighted by molar-refractivity contribution is -0.192. The predicted octanol–water partition coefficient (Wildman–Crippen LogP) is 2.95. The quantitative estimate of drug-likeness (QED) is 0.816. The number of amides is 1. The Morgan fingerprint density at radius 2 is 1.81 bits per heavy atom. The third-order valence-electron chi connectivity index (χ3n) is 4.85. The van der Waals surface area contributed by atoms with Crippen molar-refractivity contribution in [2.45, 2.75) is 37.9 Å². The third-order valence-corrected chi connectivity index (χ3v) is 4.85. The number of hydrogen-bond donors (Lipinski definition) is 2. The van der Waals surface area contributed by atoms with Crippen LogP contribution >= 0.6 is 0 Å². The fourth-order valence-corrected chi connectivity index (χ4v) is 3.43. The average molecular weight is 387 g/mol. The molecule has 1 spiro atoms. The van der Waals surface area contributed by atoms with E-state index in [1.54, 1.807) is 0 Å². The number of rotatable bonds is 2. The van der Waals surface area contributed by atoms with Crippen molar-refractivity contribution in [2.75, 3.05) is 36.9 Å². The van der Waals surface area contributed by atoms with Gasteiger partial charge in [-0.05, 0) is 37.9 Å². The number of carboxylic acid groups (broad SMARTS) is 1. The number of aliphatic carboxylic acids is 1. The highest BCUT2D eigenvalue weighted by atomic mass is 19.4. The van der Waals surface area contributed by atoms with Gasteiger partial charge in [-0.3, -0.25) is 4.79 Å². The number of anilines is 2. The van der Waals surface area contributed by atoms with E-state index in [1.807, 2.05) is 30.1 Å². The molecule has 0 saturated carbocycles. The number of piperidine rings is 1. The first-order valence-corrected chi connectivity index (χ1v) is 8.78. The number of carboxylic acids is 1. The van der Waals surface area contributed by atoms with E-state index in [-0.39, 0.29) is 5.91 Å². The number of benzene rings is 1. The van der Waals surface area contributed by atoms with Crippen molar-refractivity contribution in [3.63, 3.8) is 0 Å². The van der Waals surface area contributed by atoms with E-state index < -0.39 is 17.7 Å². The van der Waals surface area contributed by atoms with Crippen LogP contribution in [0.15, 0.2) is 24.3 Å². The summed E-state index contributed by atoms with van der Waals surface area (Å²) in [5, 5.41) is 10.7. The van der Waals surface area contributed by atoms with Crippen LogP contribution in [-0.2, 0) is 9.59 Å². The first-order chi connectivity index (χ1) is 12.6. The van der Waals surface area contributed by atoms with Gasteiger partial charge in [0.25, 0.3) is 5.91 Å². The summed E-state index contributed by atoms with van der Waals surface area (Å²) in [5.41, 5.74) is 1.67. The van der Waals surface area contributed by atoms with Crippen LogP contribution < -0.4 is 10.2 Å². The van der Waals surface area contributed by atoms with Gasteiger partial charge in [-0.25, -0.2) is 4.79 Å². The molecule has 0 unspecified atom stereocenters. The standard InChI is InChI=1S/C16H23N3O.C2HF3O2/c1-3-10-19-11-8-16(9-12-19)15(20)18(2)14-7-5-4-6-13(14)17-16;3-2(4,5)1(6)7/h4-7,17H,3,8-12H2,1-2H3;(H,6,7). The minimum Gasteiger partial charge on any atom is -0.475 e. The van der Waals surface area contributed by atoms with Crippen molar-refractivity contribution in [1.29, 1.82) is 0 Å². The molecule has 0 bridgehead atoms. The molecule has 1 aromatic carbocycles. The molecule has 9 heteroatoms. The molecule has 3 rings (SSSR count). The zero-order valence-electron chi connectivity index (χ0n) is 15.3. The molecule has 0 radical (unpaired) electrons. The maximum absolute atomic E-state index is 12.8. The number of likely N-dealkylation sites (tertiary alicyclic amines) is 1. The lowest BCUT2D eigenvalue weighted by Crippen LogP contribution is -2.61. The second-order valence-corrected chi connectivity index (χ2v) is 6.73. The number of halogens is 3. The van der Waals surface area contributed by atoms with Crippen molar-refractivity contribution >= 4 is 23.3 Å². The van der Waals surface area contributed by atoms with Crippen LogP contribution in [0.3, 0.4) is 0 Å². The minimum absolute atomic E-state index is 0.215. The summed E-state index contributed by atoms with van der Waals surface area (Å²) in [7, 11) is 1.89. The molecule has 1 fully saturated rings. The Balaban J connectivity index is 0.000000321. The number of carbonyl (C=O) groups excluding carboxylic acids is 1. The smallest absolute Gasteiger partial charge is 0.475 e. The van der Waals surface area contributed by atoms with Gasteiger partial charge in [-0.2, -0.15) is 13.2 Å². The summed E-state index contributed by atoms with van der Waals surface area (Å²) in [6.45, 7) is 5.35. The van der Waals surface area contributed by atoms with Gasteiger partial charge in [0.1, 0.15) is 5.54 Å². The zero-order chi connectivity index (χ0) is 20.2. The van der Waals surface area contributed by atoms with E-state index in [4.69, 9.17) is 9.90 Å². The second kappa shape index (κ2) is 8.16. The minimum atomic E-state index is -5.08. The third kappa shape index (κ3) is 4.71. The number of para-hydroxylation sites is 2. The van der Waals surface area contributed by atoms with Crippen LogP contribution in [-0.4, -0.2) is 60.3 Å². The van der Waals surface area contributed by atoms with Gasteiger partial charge >= 0.3 is 12.1 Å². The van der Waals surface area contributed by atoms with Crippen molar-refractivity contribution in [3.05, 3.63) is 24.3 Å². The first-order valence-electron chi connectivity index (χ1n) is 8.78. The molecule has 0 aliphatic carbocycles. The topological polar surface area (TPSA) is 72.9 Å². The Morgan fingerprint density at radius 1 is 1.26 bits per heavy atom. The van der Waals surface area contributed by atoms with Crippen LogP contribution in [0.2, 0.25) is 0 Å². The molecular formula is C18H24F3N3O3. The van der Waals surface area contributed by atoms with E-state index in [2.05, 4.69) is 23.2 Å². The van der Waals surface area contributed by atoms with Crippen LogP contribution in [0.25, 0.3) is 0 Å². The number of fused-ring (bicyclic) bond motifs is 1. The van der Waals surface area contributed by atoms with Gasteiger partial charge in [0, 0.05) is 20.1 Å². The summed E-state index contributed by atoms with van der Waals surface area (Å²) >= 11 is 0. The molecule has 2 heterocycles. The molecule has 6 nitrogen and oxygen atoms in total. The number of likely N-dealkylation sites (N-methyl/N-ethyl adjacent to an activating group) is 1. The highest BCUT2D eigenvalue weighted by Gasteiger charge is 2.46. The second-order valence-electron chi connectivity index (χ2n) is 6.73. The SMILES string of the molecule is CCCN1CCC2(CC1)Nc1ccccc1N(C)C2=O.O=C(O)C(F)(F)F.